The van der Waals surface area contributed by atoms with Gasteiger partial charge in [-0.3, -0.25) is 19.0 Å². The highest BCUT2D eigenvalue weighted by Gasteiger charge is 2.32. The zero-order chi connectivity index (χ0) is 26.7. The van der Waals surface area contributed by atoms with Crippen LogP contribution in [0.25, 0.3) is 10.9 Å². The summed E-state index contributed by atoms with van der Waals surface area (Å²) in [6.45, 7) is 3.30. The molecule has 1 fully saturated rings. The summed E-state index contributed by atoms with van der Waals surface area (Å²) in [5.41, 5.74) is 0.987. The van der Waals surface area contributed by atoms with Crippen LogP contribution in [0.3, 0.4) is 0 Å². The van der Waals surface area contributed by atoms with Crippen LogP contribution in [0.15, 0.2) is 47.5 Å². The van der Waals surface area contributed by atoms with Crippen molar-refractivity contribution in [1.82, 2.24) is 19.8 Å². The van der Waals surface area contributed by atoms with Gasteiger partial charge < -0.3 is 19.9 Å². The average molecular weight is 521 g/mol. The summed E-state index contributed by atoms with van der Waals surface area (Å²) in [5, 5.41) is 2.80. The topological polar surface area (TPSA) is 96.8 Å². The van der Waals surface area contributed by atoms with E-state index < -0.39 is 29.4 Å². The van der Waals surface area contributed by atoms with Crippen molar-refractivity contribution < 1.29 is 31.9 Å². The van der Waals surface area contributed by atoms with Crippen LogP contribution in [0.1, 0.15) is 12.5 Å². The first-order valence-corrected chi connectivity index (χ1v) is 11.3. The largest absolute Gasteiger partial charge is 0.573 e. The number of nitrogens with zero attached hydrogens (tertiary/aromatic N) is 4. The average Bonchev–Trinajstić information content (AvgIpc) is 2.85. The molecular formula is C24H23F4N5O4. The van der Waals surface area contributed by atoms with Gasteiger partial charge in [-0.05, 0) is 35.9 Å². The molecule has 1 aliphatic heterocycles. The van der Waals surface area contributed by atoms with Gasteiger partial charge in [-0.2, -0.15) is 0 Å². The van der Waals surface area contributed by atoms with E-state index in [0.717, 1.165) is 22.4 Å². The van der Waals surface area contributed by atoms with Crippen molar-refractivity contribution in [1.29, 1.82) is 0 Å². The Bertz CT molecular complexity index is 1380. The molecule has 1 aromatic heterocycles. The molecule has 13 heteroatoms. The molecule has 0 atom stereocenters. The SMILES string of the molecule is CC(=O)N1CCN(c2ccc3ncn(CC(=O)NCc4ccc(F)c(OC(F)(F)F)c4)c(=O)c3c2)CC1. The molecule has 0 bridgehead atoms. The third kappa shape index (κ3) is 6.35. The molecule has 1 aliphatic rings. The number of rotatable bonds is 6. The number of hydrogen-bond donors (Lipinski definition) is 1. The normalized spacial score (nSPS) is 14.1. The van der Waals surface area contributed by atoms with Gasteiger partial charge in [-0.15, -0.1) is 13.2 Å². The maximum atomic E-state index is 13.6. The van der Waals surface area contributed by atoms with Gasteiger partial charge in [0.1, 0.15) is 6.54 Å². The van der Waals surface area contributed by atoms with Crippen LogP contribution < -0.4 is 20.5 Å². The van der Waals surface area contributed by atoms with Gasteiger partial charge in [0.05, 0.1) is 17.2 Å². The predicted molar refractivity (Wildman–Crippen MR) is 125 cm³/mol. The molecule has 3 aromatic rings. The van der Waals surface area contributed by atoms with E-state index in [1.807, 2.05) is 6.07 Å². The summed E-state index contributed by atoms with van der Waals surface area (Å²) in [6, 6.07) is 8.10. The van der Waals surface area contributed by atoms with Crippen molar-refractivity contribution in [2.45, 2.75) is 26.4 Å². The zero-order valence-corrected chi connectivity index (χ0v) is 19.7. The van der Waals surface area contributed by atoms with Gasteiger partial charge in [0.2, 0.25) is 11.8 Å². The number of hydrogen-bond acceptors (Lipinski definition) is 6. The molecule has 9 nitrogen and oxygen atoms in total. The van der Waals surface area contributed by atoms with Gasteiger partial charge in [0.25, 0.3) is 5.56 Å². The summed E-state index contributed by atoms with van der Waals surface area (Å²) >= 11 is 0. The molecule has 2 amide bonds. The highest BCUT2D eigenvalue weighted by molar-refractivity contribution is 5.82. The summed E-state index contributed by atoms with van der Waals surface area (Å²) in [7, 11) is 0. The summed E-state index contributed by atoms with van der Waals surface area (Å²) in [4.78, 5) is 45.1. The van der Waals surface area contributed by atoms with Crippen LogP contribution in [0.4, 0.5) is 23.2 Å². The first kappa shape index (κ1) is 25.9. The maximum Gasteiger partial charge on any atom is 0.573 e. The molecule has 0 saturated carbocycles. The standard InChI is InChI=1S/C24H23F4N5O4/c1-15(34)31-6-8-32(9-7-31)17-3-5-20-18(11-17)23(36)33(14-30-20)13-22(35)29-12-16-2-4-19(25)21(10-16)37-24(26,27)28/h2-5,10-11,14H,6-9,12-13H2,1H3,(H,29,35). The van der Waals surface area contributed by atoms with Crippen molar-refractivity contribution >= 4 is 28.4 Å². The maximum absolute atomic E-state index is 13.6. The van der Waals surface area contributed by atoms with Crippen molar-refractivity contribution in [3.8, 4) is 5.75 Å². The van der Waals surface area contributed by atoms with Crippen LogP contribution in [0, 0.1) is 5.82 Å². The van der Waals surface area contributed by atoms with Crippen LogP contribution in [-0.2, 0) is 22.7 Å². The highest BCUT2D eigenvalue weighted by Crippen LogP contribution is 2.26. The Balaban J connectivity index is 1.43. The van der Waals surface area contributed by atoms with Crippen LogP contribution in [0.2, 0.25) is 0 Å². The minimum Gasteiger partial charge on any atom is -0.403 e. The van der Waals surface area contributed by atoms with Crippen molar-refractivity contribution in [2.24, 2.45) is 0 Å². The molecule has 37 heavy (non-hydrogen) atoms. The molecule has 0 aliphatic carbocycles. The fourth-order valence-electron chi connectivity index (χ4n) is 4.01. The van der Waals surface area contributed by atoms with Crippen molar-refractivity contribution in [3.05, 3.63) is 64.5 Å². The number of piperazine rings is 1. The molecule has 0 unspecified atom stereocenters. The lowest BCUT2D eigenvalue weighted by molar-refractivity contribution is -0.275. The number of alkyl halides is 3. The zero-order valence-electron chi connectivity index (χ0n) is 19.7. The second-order valence-electron chi connectivity index (χ2n) is 8.46. The number of fused-ring (bicyclic) bond motifs is 1. The van der Waals surface area contributed by atoms with Gasteiger partial charge in [0, 0.05) is 45.3 Å². The minimum atomic E-state index is -5.06. The van der Waals surface area contributed by atoms with E-state index in [4.69, 9.17) is 0 Å². The fraction of sp³-hybridized carbons (Fsp3) is 0.333. The summed E-state index contributed by atoms with van der Waals surface area (Å²) < 4.78 is 55.6. The van der Waals surface area contributed by atoms with E-state index in [1.54, 1.807) is 17.0 Å². The highest BCUT2D eigenvalue weighted by atomic mass is 19.4. The number of ether oxygens (including phenoxy) is 1. The Kier molecular flexibility index (Phi) is 7.32. The fourth-order valence-corrected chi connectivity index (χ4v) is 4.01. The van der Waals surface area contributed by atoms with Gasteiger partial charge >= 0.3 is 6.36 Å². The number of aromatic nitrogens is 2. The van der Waals surface area contributed by atoms with Crippen LogP contribution in [-0.4, -0.2) is 58.8 Å². The van der Waals surface area contributed by atoms with E-state index >= 15 is 0 Å². The summed E-state index contributed by atoms with van der Waals surface area (Å²) in [5.74, 6) is -2.78. The van der Waals surface area contributed by atoms with Gasteiger partial charge in [-0.25, -0.2) is 9.37 Å². The lowest BCUT2D eigenvalue weighted by atomic mass is 10.2. The number of nitrogens with one attached hydrogen (secondary N) is 1. The third-order valence-corrected chi connectivity index (χ3v) is 5.92. The second kappa shape index (κ2) is 10.4. The molecule has 1 N–H and O–H groups in total. The Morgan fingerprint density at radius 1 is 1.08 bits per heavy atom. The predicted octanol–water partition coefficient (Wildman–Crippen LogP) is 2.42. The van der Waals surface area contributed by atoms with Crippen LogP contribution >= 0.6 is 0 Å². The van der Waals surface area contributed by atoms with E-state index in [2.05, 4.69) is 19.9 Å². The molecular weight excluding hydrogens is 498 g/mol. The Hall–Kier alpha value is -4.16. The van der Waals surface area contributed by atoms with E-state index in [1.165, 1.54) is 19.3 Å². The van der Waals surface area contributed by atoms with Crippen molar-refractivity contribution in [2.75, 3.05) is 31.1 Å². The van der Waals surface area contributed by atoms with Gasteiger partial charge in [0.15, 0.2) is 11.6 Å². The second-order valence-corrected chi connectivity index (χ2v) is 8.46. The molecule has 2 heterocycles. The molecule has 196 valence electrons. The van der Waals surface area contributed by atoms with E-state index in [0.29, 0.717) is 37.1 Å². The minimum absolute atomic E-state index is 0.0121. The summed E-state index contributed by atoms with van der Waals surface area (Å²) in [6.07, 6.45) is -3.82. The number of carbonyl (C=O) groups excluding carboxylic acids is 2. The first-order chi connectivity index (χ1) is 17.5. The Morgan fingerprint density at radius 3 is 2.49 bits per heavy atom. The smallest absolute Gasteiger partial charge is 0.403 e. The number of benzene rings is 2. The Labute approximate surface area is 208 Å². The van der Waals surface area contributed by atoms with Crippen molar-refractivity contribution in [3.63, 3.8) is 0 Å². The molecule has 0 radical (unpaired) electrons. The number of carbonyl (C=O) groups is 2. The first-order valence-electron chi connectivity index (χ1n) is 11.3. The monoisotopic (exact) mass is 521 g/mol. The third-order valence-electron chi connectivity index (χ3n) is 5.92. The van der Waals surface area contributed by atoms with E-state index in [-0.39, 0.29) is 24.6 Å². The molecule has 1 saturated heterocycles. The number of amides is 2. The molecule has 0 spiro atoms. The molecule has 2 aromatic carbocycles. The van der Waals surface area contributed by atoms with Crippen LogP contribution in [0.5, 0.6) is 5.75 Å². The molecule has 4 rings (SSSR count). The quantitative estimate of drug-likeness (QED) is 0.501. The number of halogens is 4. The van der Waals surface area contributed by atoms with Gasteiger partial charge in [-0.1, -0.05) is 6.07 Å². The number of anilines is 1. The lowest BCUT2D eigenvalue weighted by Gasteiger charge is -2.35. The lowest BCUT2D eigenvalue weighted by Crippen LogP contribution is -2.48. The Morgan fingerprint density at radius 2 is 1.81 bits per heavy atom. The van der Waals surface area contributed by atoms with E-state index in [9.17, 15) is 31.9 Å².